The van der Waals surface area contributed by atoms with E-state index in [2.05, 4.69) is 15.7 Å². The lowest BCUT2D eigenvalue weighted by Gasteiger charge is -2.07. The van der Waals surface area contributed by atoms with Gasteiger partial charge in [-0.1, -0.05) is 12.1 Å². The zero-order valence-corrected chi connectivity index (χ0v) is 14.2. The Bertz CT molecular complexity index is 798. The van der Waals surface area contributed by atoms with Crippen LogP contribution in [0, 0.1) is 0 Å². The minimum absolute atomic E-state index is 0.00550. The van der Waals surface area contributed by atoms with Crippen molar-refractivity contribution in [3.05, 3.63) is 70.5 Å². The van der Waals surface area contributed by atoms with Gasteiger partial charge >= 0.3 is 0 Å². The van der Waals surface area contributed by atoms with E-state index in [1.807, 2.05) is 47.8 Å². The summed E-state index contributed by atoms with van der Waals surface area (Å²) in [7, 11) is 1.63. The molecule has 0 unspecified atom stereocenters. The van der Waals surface area contributed by atoms with E-state index in [0.717, 1.165) is 28.1 Å². The molecule has 1 aromatic carbocycles. The van der Waals surface area contributed by atoms with Crippen molar-refractivity contribution < 1.29 is 9.53 Å². The summed E-state index contributed by atoms with van der Waals surface area (Å²) < 4.78 is 5.12. The molecule has 2 aromatic heterocycles. The van der Waals surface area contributed by atoms with Crippen LogP contribution in [0.1, 0.15) is 11.1 Å². The average molecular weight is 338 g/mol. The Morgan fingerprint density at radius 3 is 2.71 bits per heavy atom. The molecule has 0 fully saturated rings. The number of ether oxygens (including phenoxy) is 1. The van der Waals surface area contributed by atoms with Crippen LogP contribution in [0.5, 0.6) is 5.75 Å². The molecule has 1 N–H and O–H groups in total. The van der Waals surface area contributed by atoms with E-state index in [-0.39, 0.29) is 5.91 Å². The molecule has 24 heavy (non-hydrogen) atoms. The fraction of sp³-hybridized carbons (Fsp3) is 0.158. The maximum absolute atomic E-state index is 12.1. The first kappa shape index (κ1) is 16.2. The third-order valence-electron chi connectivity index (χ3n) is 3.65. The second-order valence-electron chi connectivity index (χ2n) is 5.36. The number of carbonyl (C=O) groups is 1. The number of methoxy groups -OCH3 is 1. The standard InChI is InChI=1S/C19H18N2O2S/c1-23-17-4-2-14(3-5-17)11-19(22)21-12-15-6-8-20-18(10-15)16-7-9-24-13-16/h2-10,13H,11-12H2,1H3,(H,21,22). The van der Waals surface area contributed by atoms with Gasteiger partial charge in [-0.05, 0) is 46.8 Å². The van der Waals surface area contributed by atoms with Gasteiger partial charge in [0, 0.05) is 23.7 Å². The molecule has 0 saturated heterocycles. The molecule has 0 aliphatic rings. The highest BCUT2D eigenvalue weighted by Crippen LogP contribution is 2.20. The Balaban J connectivity index is 1.57. The van der Waals surface area contributed by atoms with Crippen LogP contribution < -0.4 is 10.1 Å². The summed E-state index contributed by atoms with van der Waals surface area (Å²) >= 11 is 1.64. The normalized spacial score (nSPS) is 10.4. The molecule has 0 spiro atoms. The van der Waals surface area contributed by atoms with Crippen molar-refractivity contribution in [1.29, 1.82) is 0 Å². The molecule has 122 valence electrons. The van der Waals surface area contributed by atoms with Gasteiger partial charge < -0.3 is 10.1 Å². The third-order valence-corrected chi connectivity index (χ3v) is 4.34. The van der Waals surface area contributed by atoms with E-state index in [0.29, 0.717) is 13.0 Å². The predicted molar refractivity (Wildman–Crippen MR) is 96.1 cm³/mol. The van der Waals surface area contributed by atoms with Crippen LogP contribution in [0.25, 0.3) is 11.3 Å². The lowest BCUT2D eigenvalue weighted by Crippen LogP contribution is -2.24. The summed E-state index contributed by atoms with van der Waals surface area (Å²) in [5.41, 5.74) is 4.03. The number of nitrogens with zero attached hydrogens (tertiary/aromatic N) is 1. The number of nitrogens with one attached hydrogen (secondary N) is 1. The number of hydrogen-bond donors (Lipinski definition) is 1. The Kier molecular flexibility index (Phi) is 5.23. The minimum atomic E-state index is -0.00550. The Morgan fingerprint density at radius 1 is 1.17 bits per heavy atom. The lowest BCUT2D eigenvalue weighted by atomic mass is 10.1. The topological polar surface area (TPSA) is 51.2 Å². The quantitative estimate of drug-likeness (QED) is 0.746. The van der Waals surface area contributed by atoms with Crippen LogP contribution >= 0.6 is 11.3 Å². The van der Waals surface area contributed by atoms with Crippen LogP contribution in [0.15, 0.2) is 59.4 Å². The first-order chi connectivity index (χ1) is 11.7. The Labute approximate surface area is 145 Å². The third kappa shape index (κ3) is 4.20. The molecule has 0 aliphatic carbocycles. The van der Waals surface area contributed by atoms with Gasteiger partial charge in [0.1, 0.15) is 5.75 Å². The first-order valence-electron chi connectivity index (χ1n) is 7.62. The highest BCUT2D eigenvalue weighted by molar-refractivity contribution is 7.08. The average Bonchev–Trinajstić information content (AvgIpc) is 3.16. The lowest BCUT2D eigenvalue weighted by molar-refractivity contribution is -0.120. The summed E-state index contributed by atoms with van der Waals surface area (Å²) in [4.78, 5) is 16.5. The van der Waals surface area contributed by atoms with E-state index >= 15 is 0 Å². The van der Waals surface area contributed by atoms with Crippen LogP contribution in [0.2, 0.25) is 0 Å². The Hall–Kier alpha value is -2.66. The maximum Gasteiger partial charge on any atom is 0.224 e. The number of aromatic nitrogens is 1. The molecule has 0 saturated carbocycles. The van der Waals surface area contributed by atoms with Crippen LogP contribution in [0.3, 0.4) is 0 Å². The van der Waals surface area contributed by atoms with Crippen molar-refractivity contribution >= 4 is 17.2 Å². The van der Waals surface area contributed by atoms with Crippen molar-refractivity contribution in [3.8, 4) is 17.0 Å². The van der Waals surface area contributed by atoms with Crippen LogP contribution in [0.4, 0.5) is 0 Å². The van der Waals surface area contributed by atoms with Crippen molar-refractivity contribution in [1.82, 2.24) is 10.3 Å². The zero-order valence-electron chi connectivity index (χ0n) is 13.4. The van der Waals surface area contributed by atoms with E-state index < -0.39 is 0 Å². The minimum Gasteiger partial charge on any atom is -0.497 e. The number of amides is 1. The molecule has 1 amide bonds. The number of thiophene rings is 1. The van der Waals surface area contributed by atoms with E-state index in [4.69, 9.17) is 4.74 Å². The van der Waals surface area contributed by atoms with Gasteiger partial charge in [0.25, 0.3) is 0 Å². The molecule has 0 atom stereocenters. The van der Waals surface area contributed by atoms with Gasteiger partial charge in [0.05, 0.1) is 19.2 Å². The fourth-order valence-corrected chi connectivity index (χ4v) is 2.99. The SMILES string of the molecule is COc1ccc(CC(=O)NCc2ccnc(-c3ccsc3)c2)cc1. The monoisotopic (exact) mass is 338 g/mol. The molecular weight excluding hydrogens is 320 g/mol. The number of hydrogen-bond acceptors (Lipinski definition) is 4. The largest absolute Gasteiger partial charge is 0.497 e. The number of pyridine rings is 1. The molecule has 0 aliphatic heterocycles. The second-order valence-corrected chi connectivity index (χ2v) is 6.14. The van der Waals surface area contributed by atoms with Crippen molar-refractivity contribution in [2.45, 2.75) is 13.0 Å². The molecule has 0 radical (unpaired) electrons. The number of carbonyl (C=O) groups excluding carboxylic acids is 1. The zero-order chi connectivity index (χ0) is 16.8. The smallest absolute Gasteiger partial charge is 0.224 e. The van der Waals surface area contributed by atoms with Crippen molar-refractivity contribution in [2.75, 3.05) is 7.11 Å². The summed E-state index contributed by atoms with van der Waals surface area (Å²) in [5.74, 6) is 0.783. The molecule has 3 rings (SSSR count). The number of benzene rings is 1. The van der Waals surface area contributed by atoms with Crippen molar-refractivity contribution in [2.24, 2.45) is 0 Å². The summed E-state index contributed by atoms with van der Waals surface area (Å²) in [6.07, 6.45) is 2.13. The molecule has 4 nitrogen and oxygen atoms in total. The van der Waals surface area contributed by atoms with E-state index in [9.17, 15) is 4.79 Å². The van der Waals surface area contributed by atoms with Crippen LogP contribution in [-0.2, 0) is 17.8 Å². The predicted octanol–water partition coefficient (Wildman–Crippen LogP) is 3.68. The van der Waals surface area contributed by atoms with Crippen LogP contribution in [-0.4, -0.2) is 18.0 Å². The summed E-state index contributed by atoms with van der Waals surface area (Å²) in [6, 6.07) is 13.5. The summed E-state index contributed by atoms with van der Waals surface area (Å²) in [6.45, 7) is 0.495. The van der Waals surface area contributed by atoms with Gasteiger partial charge in [-0.3, -0.25) is 9.78 Å². The first-order valence-corrected chi connectivity index (χ1v) is 8.56. The molecule has 0 bridgehead atoms. The maximum atomic E-state index is 12.1. The molecule has 3 aromatic rings. The van der Waals surface area contributed by atoms with E-state index in [1.165, 1.54) is 0 Å². The molecular formula is C19H18N2O2S. The van der Waals surface area contributed by atoms with Gasteiger partial charge in [-0.25, -0.2) is 0 Å². The van der Waals surface area contributed by atoms with Gasteiger partial charge in [-0.2, -0.15) is 11.3 Å². The highest BCUT2D eigenvalue weighted by Gasteiger charge is 2.05. The number of rotatable bonds is 6. The fourth-order valence-electron chi connectivity index (χ4n) is 2.34. The van der Waals surface area contributed by atoms with Gasteiger partial charge in [0.15, 0.2) is 0 Å². The van der Waals surface area contributed by atoms with Gasteiger partial charge in [0.2, 0.25) is 5.91 Å². The van der Waals surface area contributed by atoms with Crippen molar-refractivity contribution in [3.63, 3.8) is 0 Å². The molecule has 5 heteroatoms. The highest BCUT2D eigenvalue weighted by atomic mass is 32.1. The summed E-state index contributed by atoms with van der Waals surface area (Å²) in [5, 5.41) is 7.05. The van der Waals surface area contributed by atoms with Gasteiger partial charge in [-0.15, -0.1) is 0 Å². The van der Waals surface area contributed by atoms with E-state index in [1.54, 1.807) is 24.6 Å². The Morgan fingerprint density at radius 2 is 2.00 bits per heavy atom. The second kappa shape index (κ2) is 7.75. The molecule has 2 heterocycles.